The lowest BCUT2D eigenvalue weighted by Crippen LogP contribution is -2.19. The average Bonchev–Trinajstić information content (AvgIpc) is 2.94. The Bertz CT molecular complexity index is 560. The number of carboxylic acid groups (broad SMARTS) is 1. The number of nitrogens with one attached hydrogen (secondary N) is 1. The summed E-state index contributed by atoms with van der Waals surface area (Å²) in [6.45, 7) is 9.19. The van der Waals surface area contributed by atoms with E-state index in [1.807, 2.05) is 0 Å². The lowest BCUT2D eigenvalue weighted by Gasteiger charge is -2.27. The maximum Gasteiger partial charge on any atom is 0.307 e. The third kappa shape index (κ3) is 3.27. The van der Waals surface area contributed by atoms with Gasteiger partial charge in [-0.2, -0.15) is 0 Å². The van der Waals surface area contributed by atoms with E-state index in [1.54, 1.807) is 7.11 Å². The summed E-state index contributed by atoms with van der Waals surface area (Å²) in [6, 6.07) is 4.42. The van der Waals surface area contributed by atoms with Crippen LogP contribution in [0.1, 0.15) is 56.8 Å². The van der Waals surface area contributed by atoms with Crippen LogP contribution in [-0.2, 0) is 16.6 Å². The third-order valence-electron chi connectivity index (χ3n) is 4.45. The van der Waals surface area contributed by atoms with Gasteiger partial charge in [0, 0.05) is 23.7 Å². The van der Waals surface area contributed by atoms with Crippen LogP contribution >= 0.6 is 0 Å². The van der Waals surface area contributed by atoms with E-state index < -0.39 is 5.97 Å². The number of benzene rings is 1. The largest absolute Gasteiger partial charge is 0.496 e. The van der Waals surface area contributed by atoms with Crippen LogP contribution in [-0.4, -0.2) is 24.7 Å². The van der Waals surface area contributed by atoms with Crippen LogP contribution in [0.3, 0.4) is 0 Å². The number of aliphatic carboxylic acids is 1. The quantitative estimate of drug-likeness (QED) is 0.896. The predicted molar refractivity (Wildman–Crippen MR) is 87.6 cm³/mol. The summed E-state index contributed by atoms with van der Waals surface area (Å²) in [5, 5.41) is 12.6. The fourth-order valence-electron chi connectivity index (χ4n) is 3.12. The molecule has 1 aromatic rings. The highest BCUT2D eigenvalue weighted by Crippen LogP contribution is 2.41. The zero-order chi connectivity index (χ0) is 16.5. The summed E-state index contributed by atoms with van der Waals surface area (Å²) in [5.74, 6) is -0.150. The van der Waals surface area contributed by atoms with Gasteiger partial charge < -0.3 is 15.2 Å². The minimum Gasteiger partial charge on any atom is -0.496 e. The first-order chi connectivity index (χ1) is 10.3. The molecule has 2 N–H and O–H groups in total. The Morgan fingerprint density at radius 2 is 2.09 bits per heavy atom. The Kier molecular flexibility index (Phi) is 4.81. The minimum absolute atomic E-state index is 0.0178. The van der Waals surface area contributed by atoms with Crippen LogP contribution in [0.4, 0.5) is 0 Å². The Hall–Kier alpha value is -1.55. The Morgan fingerprint density at radius 3 is 2.55 bits per heavy atom. The molecule has 0 radical (unpaired) electrons. The standard InChI is InChI=1S/C18H27NO3/c1-6-11-7-13(15-9-12(10-19-15)17(20)21)16(22-5)14(8-11)18(2,3)4/h7-8,12,15,19H,6,9-10H2,1-5H3,(H,20,21). The highest BCUT2D eigenvalue weighted by Gasteiger charge is 2.33. The van der Waals surface area contributed by atoms with Gasteiger partial charge in [0.05, 0.1) is 13.0 Å². The molecule has 0 aliphatic carbocycles. The molecule has 4 nitrogen and oxygen atoms in total. The molecule has 0 saturated carbocycles. The van der Waals surface area contributed by atoms with E-state index in [0.29, 0.717) is 13.0 Å². The van der Waals surface area contributed by atoms with Crippen LogP contribution in [0.5, 0.6) is 5.75 Å². The number of hydrogen-bond donors (Lipinski definition) is 2. The molecule has 0 spiro atoms. The monoisotopic (exact) mass is 305 g/mol. The van der Waals surface area contributed by atoms with Crippen molar-refractivity contribution in [2.75, 3.05) is 13.7 Å². The van der Waals surface area contributed by atoms with Crippen molar-refractivity contribution in [3.8, 4) is 5.75 Å². The number of carbonyl (C=O) groups is 1. The molecule has 4 heteroatoms. The van der Waals surface area contributed by atoms with Gasteiger partial charge in [-0.1, -0.05) is 39.8 Å². The lowest BCUT2D eigenvalue weighted by atomic mass is 9.82. The molecule has 1 aromatic carbocycles. The molecule has 0 amide bonds. The SMILES string of the molecule is CCc1cc(C2CC(C(=O)O)CN2)c(OC)c(C(C)(C)C)c1. The van der Waals surface area contributed by atoms with Gasteiger partial charge in [0.2, 0.25) is 0 Å². The van der Waals surface area contributed by atoms with E-state index in [-0.39, 0.29) is 17.4 Å². The first-order valence-electron chi connectivity index (χ1n) is 7.95. The fraction of sp³-hybridized carbons (Fsp3) is 0.611. The van der Waals surface area contributed by atoms with Crippen molar-refractivity contribution in [2.24, 2.45) is 5.92 Å². The first-order valence-corrected chi connectivity index (χ1v) is 7.95. The number of hydrogen-bond acceptors (Lipinski definition) is 3. The molecule has 22 heavy (non-hydrogen) atoms. The van der Waals surface area contributed by atoms with Gasteiger partial charge in [0.25, 0.3) is 0 Å². The summed E-state index contributed by atoms with van der Waals surface area (Å²) >= 11 is 0. The van der Waals surface area contributed by atoms with Gasteiger partial charge in [-0.15, -0.1) is 0 Å². The Balaban J connectivity index is 2.48. The molecule has 0 bridgehead atoms. The molecule has 2 rings (SSSR count). The second-order valence-electron chi connectivity index (χ2n) is 7.10. The smallest absolute Gasteiger partial charge is 0.307 e. The van der Waals surface area contributed by atoms with Gasteiger partial charge in [-0.25, -0.2) is 0 Å². The molecule has 122 valence electrons. The van der Waals surface area contributed by atoms with Gasteiger partial charge in [-0.3, -0.25) is 4.79 Å². The van der Waals surface area contributed by atoms with E-state index in [0.717, 1.165) is 17.7 Å². The highest BCUT2D eigenvalue weighted by molar-refractivity contribution is 5.71. The second kappa shape index (κ2) is 6.29. The molecular weight excluding hydrogens is 278 g/mol. The van der Waals surface area contributed by atoms with Crippen molar-refractivity contribution >= 4 is 5.97 Å². The van der Waals surface area contributed by atoms with E-state index in [2.05, 4.69) is 45.1 Å². The van der Waals surface area contributed by atoms with Crippen molar-refractivity contribution < 1.29 is 14.6 Å². The normalized spacial score (nSPS) is 21.9. The van der Waals surface area contributed by atoms with Crippen molar-refractivity contribution in [1.29, 1.82) is 0 Å². The summed E-state index contributed by atoms with van der Waals surface area (Å²) in [7, 11) is 1.70. The van der Waals surface area contributed by atoms with Crippen molar-refractivity contribution in [2.45, 2.75) is 52.0 Å². The molecule has 1 fully saturated rings. The van der Waals surface area contributed by atoms with E-state index >= 15 is 0 Å². The van der Waals surface area contributed by atoms with Gasteiger partial charge >= 0.3 is 5.97 Å². The maximum atomic E-state index is 11.2. The zero-order valence-electron chi connectivity index (χ0n) is 14.2. The Morgan fingerprint density at radius 1 is 1.41 bits per heavy atom. The molecule has 0 aromatic heterocycles. The number of ether oxygens (including phenoxy) is 1. The molecular formula is C18H27NO3. The predicted octanol–water partition coefficient (Wildman–Crippen LogP) is 3.29. The van der Waals surface area contributed by atoms with Crippen molar-refractivity contribution in [3.63, 3.8) is 0 Å². The summed E-state index contributed by atoms with van der Waals surface area (Å²) < 4.78 is 5.72. The highest BCUT2D eigenvalue weighted by atomic mass is 16.5. The number of methoxy groups -OCH3 is 1. The summed E-state index contributed by atoms with van der Waals surface area (Å²) in [5.41, 5.74) is 3.53. The molecule has 1 heterocycles. The number of rotatable bonds is 4. The molecule has 1 aliphatic heterocycles. The number of aryl methyl sites for hydroxylation is 1. The lowest BCUT2D eigenvalue weighted by molar-refractivity contribution is -0.141. The molecule has 1 aliphatic rings. The maximum absolute atomic E-state index is 11.2. The van der Waals surface area contributed by atoms with Crippen LogP contribution in [0, 0.1) is 5.92 Å². The van der Waals surface area contributed by atoms with Gasteiger partial charge in [0.15, 0.2) is 0 Å². The summed E-state index contributed by atoms with van der Waals surface area (Å²) in [4.78, 5) is 11.2. The van der Waals surface area contributed by atoms with Crippen LogP contribution < -0.4 is 10.1 Å². The van der Waals surface area contributed by atoms with Crippen molar-refractivity contribution in [1.82, 2.24) is 5.32 Å². The fourth-order valence-corrected chi connectivity index (χ4v) is 3.12. The number of carboxylic acids is 1. The minimum atomic E-state index is -0.725. The molecule has 2 atom stereocenters. The van der Waals surface area contributed by atoms with Gasteiger partial charge in [0.1, 0.15) is 5.75 Å². The van der Waals surface area contributed by atoms with E-state index in [1.165, 1.54) is 11.1 Å². The van der Waals surface area contributed by atoms with Crippen molar-refractivity contribution in [3.05, 3.63) is 28.8 Å². The van der Waals surface area contributed by atoms with Crippen LogP contribution in [0.25, 0.3) is 0 Å². The first kappa shape index (κ1) is 16.8. The topological polar surface area (TPSA) is 58.6 Å². The van der Waals surface area contributed by atoms with E-state index in [4.69, 9.17) is 4.74 Å². The van der Waals surface area contributed by atoms with Crippen LogP contribution in [0.15, 0.2) is 12.1 Å². The molecule has 2 unspecified atom stereocenters. The zero-order valence-corrected chi connectivity index (χ0v) is 14.2. The van der Waals surface area contributed by atoms with Crippen LogP contribution in [0.2, 0.25) is 0 Å². The summed E-state index contributed by atoms with van der Waals surface area (Å²) in [6.07, 6.45) is 1.57. The molecule has 1 saturated heterocycles. The second-order valence-corrected chi connectivity index (χ2v) is 7.10. The van der Waals surface area contributed by atoms with Gasteiger partial charge in [-0.05, 0) is 23.8 Å². The average molecular weight is 305 g/mol. The van der Waals surface area contributed by atoms with E-state index in [9.17, 15) is 9.90 Å². The Labute approximate surface area is 132 Å². The third-order valence-corrected chi connectivity index (χ3v) is 4.45.